The van der Waals surface area contributed by atoms with E-state index >= 15 is 0 Å². The van der Waals surface area contributed by atoms with E-state index in [1.807, 2.05) is 0 Å². The molecule has 1 aromatic heterocycles. The average molecular weight is 319 g/mol. The van der Waals surface area contributed by atoms with E-state index in [4.69, 9.17) is 5.26 Å². The van der Waals surface area contributed by atoms with Gasteiger partial charge in [0.2, 0.25) is 0 Å². The summed E-state index contributed by atoms with van der Waals surface area (Å²) in [4.78, 5) is 15.3. The van der Waals surface area contributed by atoms with Gasteiger partial charge in [-0.25, -0.2) is 18.6 Å². The van der Waals surface area contributed by atoms with E-state index in [9.17, 15) is 13.6 Å². The number of alkyl halides is 3. The molecular weight excluding hydrogens is 310 g/mol. The highest BCUT2D eigenvalue weighted by molar-refractivity contribution is 9.08. The zero-order valence-corrected chi connectivity index (χ0v) is 11.0. The van der Waals surface area contributed by atoms with Crippen LogP contribution in [0.5, 0.6) is 0 Å². The fraction of sp³-hybridized carbons (Fsp3) is 0.364. The van der Waals surface area contributed by atoms with Crippen LogP contribution in [0.15, 0.2) is 6.07 Å². The van der Waals surface area contributed by atoms with Gasteiger partial charge in [-0.1, -0.05) is 15.9 Å². The van der Waals surface area contributed by atoms with Crippen molar-refractivity contribution in [2.45, 2.75) is 18.7 Å². The monoisotopic (exact) mass is 318 g/mol. The molecule has 96 valence electrons. The number of esters is 1. The third-order valence-electron chi connectivity index (χ3n) is 2.08. The molecule has 1 aromatic rings. The zero-order valence-electron chi connectivity index (χ0n) is 9.41. The molecule has 0 aliphatic carbocycles. The highest BCUT2D eigenvalue weighted by Gasteiger charge is 2.23. The van der Waals surface area contributed by atoms with Crippen molar-refractivity contribution in [2.24, 2.45) is 0 Å². The molecule has 0 aliphatic heterocycles. The number of nitriles is 1. The maximum absolute atomic E-state index is 12.8. The fourth-order valence-corrected chi connectivity index (χ4v) is 1.72. The minimum absolute atomic E-state index is 0.00947. The first-order valence-electron chi connectivity index (χ1n) is 5.00. The van der Waals surface area contributed by atoms with Crippen LogP contribution >= 0.6 is 15.9 Å². The van der Waals surface area contributed by atoms with Crippen molar-refractivity contribution in [1.82, 2.24) is 4.98 Å². The topological polar surface area (TPSA) is 63.0 Å². The lowest BCUT2D eigenvalue weighted by atomic mass is 10.1. The SMILES string of the molecule is CCOC(=O)c1nc(CBr)c(C#N)cc1C(F)F. The molecule has 18 heavy (non-hydrogen) atoms. The Morgan fingerprint density at radius 1 is 1.67 bits per heavy atom. The van der Waals surface area contributed by atoms with Crippen molar-refractivity contribution in [3.05, 3.63) is 28.6 Å². The minimum atomic E-state index is -2.90. The van der Waals surface area contributed by atoms with Crippen molar-refractivity contribution in [3.8, 4) is 6.07 Å². The van der Waals surface area contributed by atoms with Gasteiger partial charge in [0.1, 0.15) is 6.07 Å². The number of pyridine rings is 1. The lowest BCUT2D eigenvalue weighted by molar-refractivity contribution is 0.0507. The van der Waals surface area contributed by atoms with Gasteiger partial charge >= 0.3 is 5.97 Å². The molecule has 7 heteroatoms. The summed E-state index contributed by atoms with van der Waals surface area (Å²) in [6, 6.07) is 2.73. The Morgan fingerprint density at radius 3 is 2.78 bits per heavy atom. The maximum Gasteiger partial charge on any atom is 0.357 e. The third kappa shape index (κ3) is 3.01. The predicted molar refractivity (Wildman–Crippen MR) is 62.5 cm³/mol. The quantitative estimate of drug-likeness (QED) is 0.632. The van der Waals surface area contributed by atoms with Gasteiger partial charge < -0.3 is 4.74 Å². The first kappa shape index (κ1) is 14.5. The van der Waals surface area contributed by atoms with E-state index in [2.05, 4.69) is 25.7 Å². The van der Waals surface area contributed by atoms with Crippen LogP contribution in [-0.2, 0) is 10.1 Å². The summed E-state index contributed by atoms with van der Waals surface area (Å²) in [5.41, 5.74) is -0.796. The molecular formula is C11H9BrF2N2O2. The number of halogens is 3. The molecule has 0 N–H and O–H groups in total. The van der Waals surface area contributed by atoms with Gasteiger partial charge in [0.05, 0.1) is 23.4 Å². The van der Waals surface area contributed by atoms with Crippen LogP contribution in [0, 0.1) is 11.3 Å². The number of nitrogens with zero attached hydrogens (tertiary/aromatic N) is 2. The molecule has 0 saturated heterocycles. The van der Waals surface area contributed by atoms with E-state index in [1.54, 1.807) is 13.0 Å². The molecule has 0 spiro atoms. The van der Waals surface area contributed by atoms with Crippen molar-refractivity contribution in [1.29, 1.82) is 5.26 Å². The molecule has 0 saturated carbocycles. The average Bonchev–Trinajstić information content (AvgIpc) is 2.37. The Labute approximate surface area is 111 Å². The summed E-state index contributed by atoms with van der Waals surface area (Å²) in [6.07, 6.45) is -2.90. The second-order valence-corrected chi connectivity index (χ2v) is 3.75. The third-order valence-corrected chi connectivity index (χ3v) is 2.61. The summed E-state index contributed by atoms with van der Waals surface area (Å²) >= 11 is 3.08. The lowest BCUT2D eigenvalue weighted by Crippen LogP contribution is -2.13. The van der Waals surface area contributed by atoms with E-state index < -0.39 is 23.7 Å². The Balaban J connectivity index is 3.39. The van der Waals surface area contributed by atoms with Gasteiger partial charge in [0, 0.05) is 5.33 Å². The molecule has 0 amide bonds. The summed E-state index contributed by atoms with van der Waals surface area (Å²) in [5.74, 6) is -0.917. The summed E-state index contributed by atoms with van der Waals surface area (Å²) < 4.78 is 30.3. The van der Waals surface area contributed by atoms with Gasteiger partial charge in [-0.3, -0.25) is 0 Å². The molecule has 0 aromatic carbocycles. The number of carbonyl (C=O) groups is 1. The number of rotatable bonds is 4. The fourth-order valence-electron chi connectivity index (χ4n) is 1.29. The Hall–Kier alpha value is -1.55. The van der Waals surface area contributed by atoms with Crippen LogP contribution in [0.1, 0.15) is 40.7 Å². The smallest absolute Gasteiger partial charge is 0.357 e. The number of hydrogen-bond acceptors (Lipinski definition) is 4. The lowest BCUT2D eigenvalue weighted by Gasteiger charge is -2.10. The second-order valence-electron chi connectivity index (χ2n) is 3.19. The summed E-state index contributed by atoms with van der Waals surface area (Å²) in [7, 11) is 0. The molecule has 1 heterocycles. The molecule has 0 radical (unpaired) electrons. The van der Waals surface area contributed by atoms with Crippen LogP contribution in [0.3, 0.4) is 0 Å². The Bertz CT molecular complexity index is 501. The largest absolute Gasteiger partial charge is 0.461 e. The van der Waals surface area contributed by atoms with Crippen LogP contribution in [0.2, 0.25) is 0 Å². The van der Waals surface area contributed by atoms with Gasteiger partial charge in [-0.15, -0.1) is 0 Å². The normalized spacial score (nSPS) is 10.2. The summed E-state index contributed by atoms with van der Waals surface area (Å²) in [6.45, 7) is 1.63. The number of carbonyl (C=O) groups excluding carboxylic acids is 1. The summed E-state index contributed by atoms with van der Waals surface area (Å²) in [5, 5.41) is 9.00. The van der Waals surface area contributed by atoms with Crippen LogP contribution in [0.4, 0.5) is 8.78 Å². The van der Waals surface area contributed by atoms with Crippen molar-refractivity contribution in [2.75, 3.05) is 6.61 Å². The Morgan fingerprint density at radius 2 is 2.33 bits per heavy atom. The standard InChI is InChI=1S/C11H9BrF2N2O2/c1-2-18-11(17)9-7(10(13)14)3-6(5-15)8(4-12)16-9/h3,10H,2,4H2,1H3. The van der Waals surface area contributed by atoms with E-state index in [1.165, 1.54) is 0 Å². The van der Waals surface area contributed by atoms with E-state index in [0.29, 0.717) is 0 Å². The first-order chi connectivity index (χ1) is 8.54. The number of aromatic nitrogens is 1. The minimum Gasteiger partial charge on any atom is -0.461 e. The van der Waals surface area contributed by atoms with Crippen molar-refractivity contribution >= 4 is 21.9 Å². The highest BCUT2D eigenvalue weighted by atomic mass is 79.9. The van der Waals surface area contributed by atoms with E-state index in [0.717, 1.165) is 6.07 Å². The molecule has 4 nitrogen and oxygen atoms in total. The van der Waals surface area contributed by atoms with E-state index in [-0.39, 0.29) is 23.2 Å². The van der Waals surface area contributed by atoms with Gasteiger partial charge in [0.25, 0.3) is 6.43 Å². The second kappa shape index (κ2) is 6.40. The Kier molecular flexibility index (Phi) is 5.16. The van der Waals surface area contributed by atoms with Crippen LogP contribution < -0.4 is 0 Å². The number of ether oxygens (including phenoxy) is 1. The highest BCUT2D eigenvalue weighted by Crippen LogP contribution is 2.25. The first-order valence-corrected chi connectivity index (χ1v) is 6.12. The molecule has 0 unspecified atom stereocenters. The van der Waals surface area contributed by atoms with Crippen LogP contribution in [-0.4, -0.2) is 17.6 Å². The molecule has 0 aliphatic rings. The molecule has 0 bridgehead atoms. The maximum atomic E-state index is 12.8. The molecule has 0 atom stereocenters. The molecule has 1 rings (SSSR count). The zero-order chi connectivity index (χ0) is 13.7. The van der Waals surface area contributed by atoms with Gasteiger partial charge in [-0.05, 0) is 13.0 Å². The van der Waals surface area contributed by atoms with Crippen LogP contribution in [0.25, 0.3) is 0 Å². The molecule has 0 fully saturated rings. The van der Waals surface area contributed by atoms with Crippen molar-refractivity contribution < 1.29 is 18.3 Å². The van der Waals surface area contributed by atoms with Crippen molar-refractivity contribution in [3.63, 3.8) is 0 Å². The van der Waals surface area contributed by atoms with Gasteiger partial charge in [0.15, 0.2) is 5.69 Å². The predicted octanol–water partition coefficient (Wildman–Crippen LogP) is 2.96. The number of hydrogen-bond donors (Lipinski definition) is 0. The van der Waals surface area contributed by atoms with Gasteiger partial charge in [-0.2, -0.15) is 5.26 Å².